The number of fused-ring (bicyclic) bond motifs is 2. The highest BCUT2D eigenvalue weighted by atomic mass is 32.1. The second kappa shape index (κ2) is 8.42. The van der Waals surface area contributed by atoms with Crippen molar-refractivity contribution in [1.29, 1.82) is 0 Å². The highest BCUT2D eigenvalue weighted by Gasteiger charge is 2.45. The number of aromatic nitrogens is 1. The molecule has 0 aliphatic carbocycles. The van der Waals surface area contributed by atoms with E-state index >= 15 is 0 Å². The summed E-state index contributed by atoms with van der Waals surface area (Å²) in [6, 6.07) is 13.2. The molecule has 1 atom stereocenters. The van der Waals surface area contributed by atoms with Crippen LogP contribution in [0, 0.1) is 6.92 Å². The third-order valence-corrected chi connectivity index (χ3v) is 6.76. The van der Waals surface area contributed by atoms with Gasteiger partial charge in [0.15, 0.2) is 10.6 Å². The first-order valence-corrected chi connectivity index (χ1v) is 11.4. The van der Waals surface area contributed by atoms with Gasteiger partial charge in [0.2, 0.25) is 5.76 Å². The number of thiazole rings is 1. The summed E-state index contributed by atoms with van der Waals surface area (Å²) in [5.41, 5.74) is 1.36. The normalized spacial score (nSPS) is 15.0. The second-order valence-corrected chi connectivity index (χ2v) is 8.63. The van der Waals surface area contributed by atoms with Gasteiger partial charge in [0, 0.05) is 0 Å². The largest absolute Gasteiger partial charge is 0.494 e. The number of para-hydroxylation sites is 1. The van der Waals surface area contributed by atoms with E-state index in [4.69, 9.17) is 13.9 Å². The van der Waals surface area contributed by atoms with E-state index in [9.17, 15) is 14.4 Å². The molecule has 0 fully saturated rings. The van der Waals surface area contributed by atoms with Gasteiger partial charge in [0.05, 0.1) is 36.4 Å². The Morgan fingerprint density at radius 2 is 1.97 bits per heavy atom. The Morgan fingerprint density at radius 3 is 2.74 bits per heavy atom. The van der Waals surface area contributed by atoms with Crippen molar-refractivity contribution >= 4 is 39.3 Å². The average molecular weight is 477 g/mol. The molecule has 5 rings (SSSR count). The zero-order valence-corrected chi connectivity index (χ0v) is 19.5. The van der Waals surface area contributed by atoms with Crippen molar-refractivity contribution in [3.63, 3.8) is 0 Å². The van der Waals surface area contributed by atoms with Gasteiger partial charge in [-0.05, 0) is 43.7 Å². The summed E-state index contributed by atoms with van der Waals surface area (Å²) in [6.45, 7) is 4.01. The Morgan fingerprint density at radius 1 is 1.18 bits per heavy atom. The number of hydrogen-bond donors (Lipinski definition) is 0. The minimum atomic E-state index is -0.806. The van der Waals surface area contributed by atoms with Crippen LogP contribution in [-0.4, -0.2) is 30.6 Å². The van der Waals surface area contributed by atoms with Crippen molar-refractivity contribution in [2.45, 2.75) is 19.9 Å². The Hall–Kier alpha value is -3.98. The zero-order chi connectivity index (χ0) is 24.0. The van der Waals surface area contributed by atoms with Crippen LogP contribution in [-0.2, 0) is 4.74 Å². The van der Waals surface area contributed by atoms with Crippen molar-refractivity contribution in [3.8, 4) is 5.75 Å². The number of esters is 1. The van der Waals surface area contributed by atoms with E-state index in [1.165, 1.54) is 12.0 Å². The van der Waals surface area contributed by atoms with Crippen LogP contribution in [0.1, 0.15) is 50.0 Å². The minimum Gasteiger partial charge on any atom is -0.494 e. The van der Waals surface area contributed by atoms with Crippen LogP contribution < -0.4 is 15.1 Å². The maximum Gasteiger partial charge on any atom is 0.350 e. The summed E-state index contributed by atoms with van der Waals surface area (Å²) in [5.74, 6) is -0.477. The third-order valence-electron chi connectivity index (χ3n) is 5.62. The number of ether oxygens (including phenoxy) is 2. The minimum absolute atomic E-state index is 0.0389. The molecule has 0 radical (unpaired) electrons. The smallest absolute Gasteiger partial charge is 0.350 e. The van der Waals surface area contributed by atoms with Gasteiger partial charge in [0.25, 0.3) is 5.91 Å². The fourth-order valence-corrected chi connectivity index (χ4v) is 5.15. The number of anilines is 1. The number of rotatable bonds is 5. The lowest BCUT2D eigenvalue weighted by molar-refractivity contribution is 0.0605. The van der Waals surface area contributed by atoms with Crippen molar-refractivity contribution < 1.29 is 23.5 Å². The molecule has 0 saturated heterocycles. The van der Waals surface area contributed by atoms with Gasteiger partial charge >= 0.3 is 5.97 Å². The molecule has 0 unspecified atom stereocenters. The van der Waals surface area contributed by atoms with Crippen LogP contribution >= 0.6 is 11.3 Å². The van der Waals surface area contributed by atoms with Crippen LogP contribution in [0.4, 0.5) is 5.13 Å². The number of methoxy groups -OCH3 is 1. The summed E-state index contributed by atoms with van der Waals surface area (Å²) in [6.07, 6.45) is 0. The molecule has 8 nitrogen and oxygen atoms in total. The lowest BCUT2D eigenvalue weighted by atomic mass is 9.98. The Labute approximate surface area is 198 Å². The average Bonchev–Trinajstić information content (AvgIpc) is 3.36. The number of carbonyl (C=O) groups excluding carboxylic acids is 2. The van der Waals surface area contributed by atoms with Gasteiger partial charge in [-0.1, -0.05) is 35.6 Å². The first-order valence-electron chi connectivity index (χ1n) is 10.6. The van der Waals surface area contributed by atoms with Gasteiger partial charge in [0.1, 0.15) is 16.2 Å². The molecule has 34 heavy (non-hydrogen) atoms. The van der Waals surface area contributed by atoms with Gasteiger partial charge in [-0.15, -0.1) is 0 Å². The maximum absolute atomic E-state index is 13.7. The van der Waals surface area contributed by atoms with Crippen molar-refractivity contribution in [3.05, 3.63) is 86.2 Å². The van der Waals surface area contributed by atoms with Crippen molar-refractivity contribution in [2.24, 2.45) is 0 Å². The molecule has 3 heterocycles. The van der Waals surface area contributed by atoms with Crippen molar-refractivity contribution in [2.75, 3.05) is 18.6 Å². The van der Waals surface area contributed by atoms with Gasteiger partial charge in [-0.2, -0.15) is 0 Å². The van der Waals surface area contributed by atoms with E-state index in [0.29, 0.717) is 34.6 Å². The third kappa shape index (κ3) is 3.36. The Balaban J connectivity index is 1.77. The standard InChI is InChI=1S/C25H20N2O6S/c1-4-32-15-9-7-8-14(12-15)19-18-20(28)16-10-5-6-11-17(16)33-21(18)23(29)27(19)25-26-13(2)22(34-25)24(30)31-3/h5-12,19H,4H2,1-3H3/t19-/m1/s1. The number of aryl methyl sites for hydroxylation is 1. The SMILES string of the molecule is CCOc1cccc([C@@H]2c3c(oc4ccccc4c3=O)C(=O)N2c2nc(C)c(C(=O)OC)s2)c1. The van der Waals surface area contributed by atoms with E-state index < -0.39 is 17.9 Å². The molecule has 9 heteroatoms. The number of nitrogens with zero attached hydrogens (tertiary/aromatic N) is 2. The highest BCUT2D eigenvalue weighted by Crippen LogP contribution is 2.43. The molecule has 2 aromatic heterocycles. The van der Waals surface area contributed by atoms with Crippen LogP contribution in [0.2, 0.25) is 0 Å². The molecule has 1 aliphatic heterocycles. The highest BCUT2D eigenvalue weighted by molar-refractivity contribution is 7.17. The monoisotopic (exact) mass is 476 g/mol. The molecule has 2 aromatic carbocycles. The fraction of sp³-hybridized carbons (Fsp3) is 0.200. The van der Waals surface area contributed by atoms with Gasteiger partial charge < -0.3 is 13.9 Å². The first-order chi connectivity index (χ1) is 16.4. The fourth-order valence-electron chi connectivity index (χ4n) is 4.14. The predicted molar refractivity (Wildman–Crippen MR) is 127 cm³/mol. The maximum atomic E-state index is 13.7. The number of hydrogen-bond acceptors (Lipinski definition) is 8. The van der Waals surface area contributed by atoms with Crippen molar-refractivity contribution in [1.82, 2.24) is 4.98 Å². The molecular weight excluding hydrogens is 456 g/mol. The van der Waals surface area contributed by atoms with Gasteiger partial charge in [-0.3, -0.25) is 14.5 Å². The number of benzene rings is 2. The molecular formula is C25H20N2O6S. The first kappa shape index (κ1) is 21.8. The molecule has 4 aromatic rings. The zero-order valence-electron chi connectivity index (χ0n) is 18.7. The summed E-state index contributed by atoms with van der Waals surface area (Å²) in [4.78, 5) is 45.6. The predicted octanol–water partition coefficient (Wildman–Crippen LogP) is 4.49. The van der Waals surface area contributed by atoms with Crippen LogP contribution in [0.15, 0.2) is 57.7 Å². The lowest BCUT2D eigenvalue weighted by Crippen LogP contribution is -2.29. The number of amides is 1. The molecule has 0 bridgehead atoms. The summed E-state index contributed by atoms with van der Waals surface area (Å²) in [7, 11) is 1.29. The number of carbonyl (C=O) groups is 2. The van der Waals surface area contributed by atoms with Gasteiger partial charge in [-0.25, -0.2) is 9.78 Å². The van der Waals surface area contributed by atoms with Crippen LogP contribution in [0.5, 0.6) is 5.75 Å². The van der Waals surface area contributed by atoms with Crippen LogP contribution in [0.25, 0.3) is 11.0 Å². The molecule has 1 aliphatic rings. The molecule has 1 amide bonds. The lowest BCUT2D eigenvalue weighted by Gasteiger charge is -2.23. The van der Waals surface area contributed by atoms with E-state index in [-0.39, 0.29) is 26.8 Å². The Bertz CT molecular complexity index is 1510. The molecule has 0 N–H and O–H groups in total. The molecule has 0 spiro atoms. The van der Waals surface area contributed by atoms with Crippen LogP contribution in [0.3, 0.4) is 0 Å². The molecule has 172 valence electrons. The second-order valence-electron chi connectivity index (χ2n) is 7.66. The van der Waals surface area contributed by atoms with E-state index in [1.54, 1.807) is 49.4 Å². The quantitative estimate of drug-likeness (QED) is 0.391. The van der Waals surface area contributed by atoms with E-state index in [0.717, 1.165) is 11.3 Å². The topological polar surface area (TPSA) is 98.9 Å². The Kier molecular flexibility index (Phi) is 5.41. The summed E-state index contributed by atoms with van der Waals surface area (Å²) in [5, 5.41) is 0.650. The van der Waals surface area contributed by atoms with E-state index in [1.807, 2.05) is 13.0 Å². The summed E-state index contributed by atoms with van der Waals surface area (Å²) >= 11 is 1.03. The summed E-state index contributed by atoms with van der Waals surface area (Å²) < 4.78 is 16.4. The van der Waals surface area contributed by atoms with E-state index in [2.05, 4.69) is 4.98 Å². The molecule has 0 saturated carbocycles.